The molecular formula is C11H16N4O4. The molecule has 0 aliphatic carbocycles. The molecule has 1 aromatic rings. The van der Waals surface area contributed by atoms with Gasteiger partial charge >= 0.3 is 12.0 Å². The van der Waals surface area contributed by atoms with Crippen molar-refractivity contribution < 1.29 is 19.1 Å². The molecule has 0 aromatic carbocycles. The molecule has 8 nitrogen and oxygen atoms in total. The molecule has 0 radical (unpaired) electrons. The molecular weight excluding hydrogens is 252 g/mol. The number of hydrogen-bond donors (Lipinski definition) is 3. The normalized spacial score (nSPS) is 10.3. The maximum absolute atomic E-state index is 11.8. The number of nitrogens with one attached hydrogen (secondary N) is 1. The number of imide groups is 1. The van der Waals surface area contributed by atoms with Crippen LogP contribution in [-0.4, -0.2) is 29.1 Å². The summed E-state index contributed by atoms with van der Waals surface area (Å²) in [6, 6.07) is 0.462. The molecule has 0 saturated heterocycles. The van der Waals surface area contributed by atoms with Gasteiger partial charge in [0.25, 0.3) is 5.91 Å². The third-order valence-electron chi connectivity index (χ3n) is 2.23. The van der Waals surface area contributed by atoms with Crippen molar-refractivity contribution in [3.63, 3.8) is 0 Å². The Morgan fingerprint density at radius 3 is 2.58 bits per heavy atom. The second-order valence-electron chi connectivity index (χ2n) is 4.15. The summed E-state index contributed by atoms with van der Waals surface area (Å²) in [5, 5.41) is 1.78. The largest absolute Gasteiger partial charge is 0.451 e. The van der Waals surface area contributed by atoms with E-state index in [0.29, 0.717) is 5.69 Å². The molecule has 1 heterocycles. The Labute approximate surface area is 109 Å². The Kier molecular flexibility index (Phi) is 4.51. The van der Waals surface area contributed by atoms with Crippen LogP contribution < -0.4 is 16.8 Å². The van der Waals surface area contributed by atoms with Gasteiger partial charge < -0.3 is 20.8 Å². The molecule has 1 aromatic heterocycles. The average Bonchev–Trinajstić information content (AvgIpc) is 2.67. The number of carbonyl (C=O) groups excluding carboxylic acids is 3. The van der Waals surface area contributed by atoms with Crippen LogP contribution in [0.2, 0.25) is 0 Å². The molecule has 0 aliphatic heterocycles. The fourth-order valence-corrected chi connectivity index (χ4v) is 1.47. The minimum atomic E-state index is -1.00. The summed E-state index contributed by atoms with van der Waals surface area (Å²) in [4.78, 5) is 33.3. The zero-order valence-electron chi connectivity index (χ0n) is 10.7. The van der Waals surface area contributed by atoms with E-state index in [1.54, 1.807) is 16.1 Å². The highest BCUT2D eigenvalue weighted by atomic mass is 16.5. The molecule has 0 fully saturated rings. The minimum Gasteiger partial charge on any atom is -0.451 e. The Morgan fingerprint density at radius 1 is 1.42 bits per heavy atom. The van der Waals surface area contributed by atoms with Crippen LogP contribution in [0.5, 0.6) is 0 Å². The number of carbonyl (C=O) groups is 3. The maximum atomic E-state index is 11.8. The second-order valence-corrected chi connectivity index (χ2v) is 4.15. The number of anilines is 1. The first kappa shape index (κ1) is 14.6. The van der Waals surface area contributed by atoms with Gasteiger partial charge in [-0.3, -0.25) is 10.1 Å². The fraction of sp³-hybridized carbons (Fsp3) is 0.364. The monoisotopic (exact) mass is 268 g/mol. The summed E-state index contributed by atoms with van der Waals surface area (Å²) in [6.45, 7) is 3.15. The maximum Gasteiger partial charge on any atom is 0.355 e. The van der Waals surface area contributed by atoms with Gasteiger partial charge in [-0.05, 0) is 19.9 Å². The van der Waals surface area contributed by atoms with Gasteiger partial charge in [0.1, 0.15) is 5.69 Å². The van der Waals surface area contributed by atoms with Crippen molar-refractivity contribution in [2.45, 2.75) is 19.9 Å². The van der Waals surface area contributed by atoms with E-state index < -0.39 is 24.5 Å². The number of aromatic nitrogens is 1. The number of esters is 1. The first-order valence-corrected chi connectivity index (χ1v) is 5.55. The quantitative estimate of drug-likeness (QED) is 0.662. The topological polar surface area (TPSA) is 129 Å². The molecule has 3 amide bonds. The van der Waals surface area contributed by atoms with E-state index in [0.717, 1.165) is 0 Å². The smallest absolute Gasteiger partial charge is 0.355 e. The van der Waals surface area contributed by atoms with E-state index in [4.69, 9.17) is 16.2 Å². The zero-order chi connectivity index (χ0) is 14.6. The van der Waals surface area contributed by atoms with E-state index in [1.807, 2.05) is 13.8 Å². The van der Waals surface area contributed by atoms with Gasteiger partial charge in [0, 0.05) is 12.2 Å². The van der Waals surface area contributed by atoms with Gasteiger partial charge in [0.05, 0.1) is 5.69 Å². The van der Waals surface area contributed by atoms with Crippen LogP contribution in [0.15, 0.2) is 12.3 Å². The Morgan fingerprint density at radius 2 is 2.05 bits per heavy atom. The SMILES string of the molecule is CC(C)n1cc(N)cc1C(=O)OCC(=O)NC(N)=O. The molecule has 8 heteroatoms. The summed E-state index contributed by atoms with van der Waals surface area (Å²) >= 11 is 0. The van der Waals surface area contributed by atoms with Crippen LogP contribution >= 0.6 is 0 Å². The summed E-state index contributed by atoms with van der Waals surface area (Å²) in [7, 11) is 0. The lowest BCUT2D eigenvalue weighted by atomic mass is 10.3. The number of urea groups is 1. The third-order valence-corrected chi connectivity index (χ3v) is 2.23. The lowest BCUT2D eigenvalue weighted by Crippen LogP contribution is -2.37. The summed E-state index contributed by atoms with van der Waals surface area (Å²) in [5.74, 6) is -1.50. The van der Waals surface area contributed by atoms with Gasteiger partial charge in [-0.25, -0.2) is 9.59 Å². The molecule has 0 aliphatic rings. The molecule has 0 saturated carbocycles. The Hall–Kier alpha value is -2.51. The van der Waals surface area contributed by atoms with E-state index in [-0.39, 0.29) is 11.7 Å². The van der Waals surface area contributed by atoms with Crippen molar-refractivity contribution in [3.05, 3.63) is 18.0 Å². The number of nitrogens with two attached hydrogens (primary N) is 2. The summed E-state index contributed by atoms with van der Waals surface area (Å²) in [6.07, 6.45) is 1.60. The van der Waals surface area contributed by atoms with E-state index in [2.05, 4.69) is 0 Å². The van der Waals surface area contributed by atoms with Crippen molar-refractivity contribution in [2.75, 3.05) is 12.3 Å². The van der Waals surface area contributed by atoms with Crippen LogP contribution in [0.3, 0.4) is 0 Å². The average molecular weight is 268 g/mol. The van der Waals surface area contributed by atoms with Crippen LogP contribution in [0.4, 0.5) is 10.5 Å². The molecule has 19 heavy (non-hydrogen) atoms. The Bertz CT molecular complexity index is 507. The highest BCUT2D eigenvalue weighted by molar-refractivity contribution is 5.96. The number of ether oxygens (including phenoxy) is 1. The van der Waals surface area contributed by atoms with Crippen molar-refractivity contribution >= 4 is 23.6 Å². The molecule has 0 atom stereocenters. The predicted octanol–water partition coefficient (Wildman–Crippen LogP) is 0.00290. The number of rotatable bonds is 4. The van der Waals surface area contributed by atoms with Crippen LogP contribution in [0.25, 0.3) is 0 Å². The molecule has 0 bridgehead atoms. The van der Waals surface area contributed by atoms with Gasteiger partial charge in [-0.2, -0.15) is 0 Å². The van der Waals surface area contributed by atoms with Gasteiger partial charge in [0.15, 0.2) is 6.61 Å². The number of nitrogen functional groups attached to an aromatic ring is 1. The van der Waals surface area contributed by atoms with Gasteiger partial charge in [-0.1, -0.05) is 0 Å². The summed E-state index contributed by atoms with van der Waals surface area (Å²) in [5.41, 5.74) is 11.0. The van der Waals surface area contributed by atoms with E-state index >= 15 is 0 Å². The highest BCUT2D eigenvalue weighted by Gasteiger charge is 2.17. The second kappa shape index (κ2) is 5.89. The van der Waals surface area contributed by atoms with Crippen LogP contribution in [-0.2, 0) is 9.53 Å². The molecule has 1 rings (SSSR count). The standard InChI is InChI=1S/C11H16N4O4/c1-6(2)15-4-7(12)3-8(15)10(17)19-5-9(16)14-11(13)18/h3-4,6H,5,12H2,1-2H3,(H3,13,14,16,18). The lowest BCUT2D eigenvalue weighted by molar-refractivity contribution is -0.123. The van der Waals surface area contributed by atoms with E-state index in [9.17, 15) is 14.4 Å². The van der Waals surface area contributed by atoms with Crippen LogP contribution in [0.1, 0.15) is 30.4 Å². The predicted molar refractivity (Wildman–Crippen MR) is 67.2 cm³/mol. The first-order chi connectivity index (χ1) is 8.81. The van der Waals surface area contributed by atoms with E-state index in [1.165, 1.54) is 6.07 Å². The fourth-order valence-electron chi connectivity index (χ4n) is 1.47. The molecule has 0 spiro atoms. The van der Waals surface area contributed by atoms with Crippen molar-refractivity contribution in [2.24, 2.45) is 5.73 Å². The van der Waals surface area contributed by atoms with Crippen molar-refractivity contribution in [1.29, 1.82) is 0 Å². The zero-order valence-corrected chi connectivity index (χ0v) is 10.7. The minimum absolute atomic E-state index is 0.0132. The van der Waals surface area contributed by atoms with Crippen molar-refractivity contribution in [3.8, 4) is 0 Å². The number of amides is 3. The highest BCUT2D eigenvalue weighted by Crippen LogP contribution is 2.17. The van der Waals surface area contributed by atoms with Crippen LogP contribution in [0, 0.1) is 0 Å². The number of primary amides is 1. The number of hydrogen-bond acceptors (Lipinski definition) is 5. The first-order valence-electron chi connectivity index (χ1n) is 5.55. The number of nitrogens with zero attached hydrogens (tertiary/aromatic N) is 1. The molecule has 5 N–H and O–H groups in total. The van der Waals surface area contributed by atoms with Crippen molar-refractivity contribution in [1.82, 2.24) is 9.88 Å². The lowest BCUT2D eigenvalue weighted by Gasteiger charge is -2.11. The Balaban J connectivity index is 2.68. The molecule has 0 unspecified atom stereocenters. The summed E-state index contributed by atoms with van der Waals surface area (Å²) < 4.78 is 6.39. The van der Waals surface area contributed by atoms with Gasteiger partial charge in [-0.15, -0.1) is 0 Å². The third kappa shape index (κ3) is 4.02. The van der Waals surface area contributed by atoms with Gasteiger partial charge in [0.2, 0.25) is 0 Å². The molecule has 104 valence electrons.